The lowest BCUT2D eigenvalue weighted by atomic mass is 9.65. The first-order valence-corrected chi connectivity index (χ1v) is 10.7. The molecule has 128 valence electrons. The van der Waals surface area contributed by atoms with E-state index in [1.165, 1.54) is 25.7 Å². The largest absolute Gasteiger partial charge is 0.0628 e. The van der Waals surface area contributed by atoms with Crippen LogP contribution in [-0.4, -0.2) is 0 Å². The Balaban J connectivity index is 1.38. The van der Waals surface area contributed by atoms with Crippen LogP contribution in [0.5, 0.6) is 0 Å². The SMILES string of the molecule is CC(C)CC1CCC(C2CCC(C3CCCCC3)CC2)CC1. The molecule has 0 heteroatoms. The summed E-state index contributed by atoms with van der Waals surface area (Å²) in [5.74, 6) is 6.43. The standard InChI is InChI=1S/C22H40/c1-17(2)16-18-8-10-20(11-9-18)22-14-12-21(13-15-22)19-6-4-3-5-7-19/h17-22H,3-16H2,1-2H3. The van der Waals surface area contributed by atoms with Crippen LogP contribution < -0.4 is 0 Å². The molecule has 3 rings (SSSR count). The van der Waals surface area contributed by atoms with Crippen LogP contribution in [0.15, 0.2) is 0 Å². The highest BCUT2D eigenvalue weighted by molar-refractivity contribution is 4.85. The Morgan fingerprint density at radius 1 is 0.545 bits per heavy atom. The van der Waals surface area contributed by atoms with Crippen LogP contribution in [0.1, 0.15) is 104 Å². The quantitative estimate of drug-likeness (QED) is 0.514. The van der Waals surface area contributed by atoms with Gasteiger partial charge in [-0.1, -0.05) is 58.8 Å². The van der Waals surface area contributed by atoms with E-state index in [-0.39, 0.29) is 0 Å². The Kier molecular flexibility index (Phi) is 6.28. The van der Waals surface area contributed by atoms with Crippen molar-refractivity contribution in [3.8, 4) is 0 Å². The Labute approximate surface area is 139 Å². The van der Waals surface area contributed by atoms with Gasteiger partial charge in [-0.2, -0.15) is 0 Å². The summed E-state index contributed by atoms with van der Waals surface area (Å²) in [6.07, 6.45) is 21.8. The van der Waals surface area contributed by atoms with Gasteiger partial charge in [0.2, 0.25) is 0 Å². The van der Waals surface area contributed by atoms with Crippen molar-refractivity contribution in [2.45, 2.75) is 104 Å². The van der Waals surface area contributed by atoms with E-state index in [2.05, 4.69) is 13.8 Å². The Bertz CT molecular complexity index is 296. The molecule has 0 radical (unpaired) electrons. The van der Waals surface area contributed by atoms with E-state index in [9.17, 15) is 0 Å². The Hall–Kier alpha value is 0. The third kappa shape index (κ3) is 4.51. The molecule has 0 aliphatic heterocycles. The second-order valence-corrected chi connectivity index (χ2v) is 9.48. The maximum Gasteiger partial charge on any atom is -0.0386 e. The topological polar surface area (TPSA) is 0 Å². The molecule has 3 saturated carbocycles. The molecular formula is C22H40. The normalized spacial score (nSPS) is 38.3. The van der Waals surface area contributed by atoms with Crippen molar-refractivity contribution in [2.75, 3.05) is 0 Å². The van der Waals surface area contributed by atoms with Crippen molar-refractivity contribution < 1.29 is 0 Å². The predicted octanol–water partition coefficient (Wildman–Crippen LogP) is 7.23. The minimum absolute atomic E-state index is 0.910. The van der Waals surface area contributed by atoms with Crippen molar-refractivity contribution in [2.24, 2.45) is 35.5 Å². The van der Waals surface area contributed by atoms with Crippen LogP contribution in [-0.2, 0) is 0 Å². The zero-order chi connectivity index (χ0) is 15.4. The maximum absolute atomic E-state index is 2.40. The smallest absolute Gasteiger partial charge is 0.0386 e. The van der Waals surface area contributed by atoms with Crippen LogP contribution in [0.4, 0.5) is 0 Å². The van der Waals surface area contributed by atoms with Crippen LogP contribution in [0.3, 0.4) is 0 Å². The molecule has 0 aromatic heterocycles. The van der Waals surface area contributed by atoms with Crippen molar-refractivity contribution in [1.82, 2.24) is 0 Å². The van der Waals surface area contributed by atoms with E-state index in [4.69, 9.17) is 0 Å². The molecule has 0 spiro atoms. The zero-order valence-electron chi connectivity index (χ0n) is 15.4. The third-order valence-electron chi connectivity index (χ3n) is 7.50. The lowest BCUT2D eigenvalue weighted by Gasteiger charge is -2.40. The summed E-state index contributed by atoms with van der Waals surface area (Å²) >= 11 is 0. The van der Waals surface area contributed by atoms with E-state index in [0.29, 0.717) is 0 Å². The molecule has 0 amide bonds. The van der Waals surface area contributed by atoms with Gasteiger partial charge in [0.1, 0.15) is 0 Å². The zero-order valence-corrected chi connectivity index (χ0v) is 15.4. The first-order valence-electron chi connectivity index (χ1n) is 10.7. The van der Waals surface area contributed by atoms with Gasteiger partial charge in [0.25, 0.3) is 0 Å². The molecule has 3 aliphatic carbocycles. The molecule has 0 nitrogen and oxygen atoms in total. The van der Waals surface area contributed by atoms with Gasteiger partial charge in [0.15, 0.2) is 0 Å². The molecule has 22 heavy (non-hydrogen) atoms. The predicted molar refractivity (Wildman–Crippen MR) is 96.9 cm³/mol. The van der Waals surface area contributed by atoms with E-state index in [0.717, 1.165) is 35.5 Å². The summed E-state index contributed by atoms with van der Waals surface area (Å²) < 4.78 is 0. The van der Waals surface area contributed by atoms with Crippen LogP contribution in [0, 0.1) is 35.5 Å². The first kappa shape index (κ1) is 16.8. The molecule has 0 saturated heterocycles. The fourth-order valence-corrected chi connectivity index (χ4v) is 6.26. The molecule has 3 aliphatic rings. The lowest BCUT2D eigenvalue weighted by Crippen LogP contribution is -2.29. The summed E-state index contributed by atoms with van der Waals surface area (Å²) in [5.41, 5.74) is 0. The molecule has 0 bridgehead atoms. The molecule has 0 heterocycles. The lowest BCUT2D eigenvalue weighted by molar-refractivity contribution is 0.109. The van der Waals surface area contributed by atoms with Gasteiger partial charge >= 0.3 is 0 Å². The van der Waals surface area contributed by atoms with Crippen LogP contribution >= 0.6 is 0 Å². The van der Waals surface area contributed by atoms with Gasteiger partial charge in [-0.05, 0) is 80.5 Å². The first-order chi connectivity index (χ1) is 10.7. The molecule has 0 aromatic rings. The van der Waals surface area contributed by atoms with E-state index >= 15 is 0 Å². The molecule has 3 fully saturated rings. The summed E-state index contributed by atoms with van der Waals surface area (Å²) in [7, 11) is 0. The minimum atomic E-state index is 0.910. The molecular weight excluding hydrogens is 264 g/mol. The number of hydrogen-bond donors (Lipinski definition) is 0. The summed E-state index contributed by atoms with van der Waals surface area (Å²) in [6.45, 7) is 4.80. The fraction of sp³-hybridized carbons (Fsp3) is 1.00. The summed E-state index contributed by atoms with van der Waals surface area (Å²) in [4.78, 5) is 0. The third-order valence-corrected chi connectivity index (χ3v) is 7.50. The molecule has 0 aromatic carbocycles. The molecule has 0 atom stereocenters. The van der Waals surface area contributed by atoms with Crippen molar-refractivity contribution >= 4 is 0 Å². The second kappa shape index (κ2) is 8.20. The number of rotatable bonds is 4. The van der Waals surface area contributed by atoms with Gasteiger partial charge in [-0.3, -0.25) is 0 Å². The van der Waals surface area contributed by atoms with E-state index in [1.807, 2.05) is 0 Å². The van der Waals surface area contributed by atoms with Gasteiger partial charge in [-0.25, -0.2) is 0 Å². The molecule has 0 unspecified atom stereocenters. The number of hydrogen-bond acceptors (Lipinski definition) is 0. The second-order valence-electron chi connectivity index (χ2n) is 9.48. The van der Waals surface area contributed by atoms with Crippen molar-refractivity contribution in [1.29, 1.82) is 0 Å². The highest BCUT2D eigenvalue weighted by Crippen LogP contribution is 2.45. The molecule has 0 N–H and O–H groups in total. The Morgan fingerprint density at radius 2 is 0.955 bits per heavy atom. The average Bonchev–Trinajstić information content (AvgIpc) is 2.56. The van der Waals surface area contributed by atoms with Gasteiger partial charge in [0.05, 0.1) is 0 Å². The maximum atomic E-state index is 2.40. The Morgan fingerprint density at radius 3 is 1.41 bits per heavy atom. The minimum Gasteiger partial charge on any atom is -0.0628 e. The van der Waals surface area contributed by atoms with Gasteiger partial charge in [-0.15, -0.1) is 0 Å². The van der Waals surface area contributed by atoms with Gasteiger partial charge < -0.3 is 0 Å². The van der Waals surface area contributed by atoms with E-state index in [1.54, 1.807) is 64.2 Å². The van der Waals surface area contributed by atoms with Crippen LogP contribution in [0.2, 0.25) is 0 Å². The summed E-state index contributed by atoms with van der Waals surface area (Å²) in [6, 6.07) is 0. The highest BCUT2D eigenvalue weighted by atomic mass is 14.4. The van der Waals surface area contributed by atoms with Crippen molar-refractivity contribution in [3.05, 3.63) is 0 Å². The van der Waals surface area contributed by atoms with E-state index < -0.39 is 0 Å². The average molecular weight is 305 g/mol. The summed E-state index contributed by atoms with van der Waals surface area (Å²) in [5, 5.41) is 0. The van der Waals surface area contributed by atoms with Crippen molar-refractivity contribution in [3.63, 3.8) is 0 Å². The monoisotopic (exact) mass is 304 g/mol. The highest BCUT2D eigenvalue weighted by Gasteiger charge is 2.33. The fourth-order valence-electron chi connectivity index (χ4n) is 6.26. The van der Waals surface area contributed by atoms with Crippen LogP contribution in [0.25, 0.3) is 0 Å². The van der Waals surface area contributed by atoms with Gasteiger partial charge in [0, 0.05) is 0 Å².